The Morgan fingerprint density at radius 1 is 1.07 bits per heavy atom. The molecule has 0 unspecified atom stereocenters. The van der Waals surface area contributed by atoms with Gasteiger partial charge in [-0.1, -0.05) is 20.3 Å². The summed E-state index contributed by atoms with van der Waals surface area (Å²) in [5.74, 6) is 0. The number of ether oxygens (including phenoxy) is 1. The number of urea groups is 1. The molecule has 2 N–H and O–H groups in total. The lowest BCUT2D eigenvalue weighted by Gasteiger charge is -2.06. The Hall–Kier alpha value is -0.770. The van der Waals surface area contributed by atoms with Crippen LogP contribution in [0.1, 0.15) is 33.1 Å². The van der Waals surface area contributed by atoms with E-state index in [1.807, 2.05) is 6.92 Å². The van der Waals surface area contributed by atoms with Crippen LogP contribution in [-0.2, 0) is 4.74 Å². The summed E-state index contributed by atoms with van der Waals surface area (Å²) in [6.45, 7) is 6.84. The Labute approximate surface area is 86.4 Å². The lowest BCUT2D eigenvalue weighted by molar-refractivity contribution is 0.133. The van der Waals surface area contributed by atoms with Crippen molar-refractivity contribution < 1.29 is 9.53 Å². The summed E-state index contributed by atoms with van der Waals surface area (Å²) < 4.78 is 5.29. The van der Waals surface area contributed by atoms with Crippen LogP contribution < -0.4 is 10.6 Å². The molecule has 84 valence electrons. The zero-order valence-electron chi connectivity index (χ0n) is 9.27. The third kappa shape index (κ3) is 9.32. The maximum atomic E-state index is 11.0. The van der Waals surface area contributed by atoms with E-state index in [2.05, 4.69) is 17.6 Å². The number of hydrogen-bond acceptors (Lipinski definition) is 2. The van der Waals surface area contributed by atoms with E-state index in [1.165, 1.54) is 0 Å². The molecule has 0 aromatic heterocycles. The molecule has 4 nitrogen and oxygen atoms in total. The van der Waals surface area contributed by atoms with Gasteiger partial charge in [-0.15, -0.1) is 0 Å². The summed E-state index contributed by atoms with van der Waals surface area (Å²) in [5.41, 5.74) is 0. The number of carbonyl (C=O) groups is 1. The summed E-state index contributed by atoms with van der Waals surface area (Å²) >= 11 is 0. The van der Waals surface area contributed by atoms with Gasteiger partial charge in [0.1, 0.15) is 0 Å². The monoisotopic (exact) mass is 202 g/mol. The highest BCUT2D eigenvalue weighted by Gasteiger charge is 1.96. The lowest BCUT2D eigenvalue weighted by Crippen LogP contribution is -2.37. The summed E-state index contributed by atoms with van der Waals surface area (Å²) in [6.07, 6.45) is 3.19. The average Bonchev–Trinajstić information content (AvgIpc) is 2.20. The topological polar surface area (TPSA) is 50.4 Å². The number of rotatable bonds is 8. The first-order valence-corrected chi connectivity index (χ1v) is 5.40. The largest absolute Gasteiger partial charge is 0.380 e. The Bertz CT molecular complexity index is 140. The SMILES string of the molecule is CCCCOCCNC(=O)NCCC. The molecule has 0 radical (unpaired) electrons. The van der Waals surface area contributed by atoms with Gasteiger partial charge in [-0.3, -0.25) is 0 Å². The number of amides is 2. The highest BCUT2D eigenvalue weighted by Crippen LogP contribution is 1.86. The number of hydrogen-bond donors (Lipinski definition) is 2. The van der Waals surface area contributed by atoms with Gasteiger partial charge < -0.3 is 15.4 Å². The molecule has 0 saturated carbocycles. The summed E-state index contributed by atoms with van der Waals surface area (Å²) in [6, 6.07) is -0.106. The summed E-state index contributed by atoms with van der Waals surface area (Å²) in [5, 5.41) is 5.45. The van der Waals surface area contributed by atoms with Crippen molar-refractivity contribution in [2.45, 2.75) is 33.1 Å². The molecule has 0 spiro atoms. The fourth-order valence-electron chi connectivity index (χ4n) is 0.886. The van der Waals surface area contributed by atoms with Gasteiger partial charge in [0.05, 0.1) is 6.61 Å². The van der Waals surface area contributed by atoms with Crippen molar-refractivity contribution in [3.05, 3.63) is 0 Å². The molecule has 0 aliphatic heterocycles. The van der Waals surface area contributed by atoms with E-state index in [0.29, 0.717) is 13.2 Å². The van der Waals surface area contributed by atoms with Gasteiger partial charge in [-0.05, 0) is 12.8 Å². The first-order chi connectivity index (χ1) is 6.81. The van der Waals surface area contributed by atoms with E-state index in [0.717, 1.165) is 32.4 Å². The van der Waals surface area contributed by atoms with Crippen LogP contribution in [0.4, 0.5) is 4.79 Å². The first kappa shape index (κ1) is 13.2. The van der Waals surface area contributed by atoms with Crippen LogP contribution in [0.2, 0.25) is 0 Å². The van der Waals surface area contributed by atoms with Gasteiger partial charge in [-0.2, -0.15) is 0 Å². The Balaban J connectivity index is 3.07. The quantitative estimate of drug-likeness (QED) is 0.586. The molecule has 14 heavy (non-hydrogen) atoms. The average molecular weight is 202 g/mol. The molecule has 0 aromatic carbocycles. The van der Waals surface area contributed by atoms with Gasteiger partial charge in [0, 0.05) is 19.7 Å². The minimum atomic E-state index is -0.106. The van der Waals surface area contributed by atoms with Gasteiger partial charge in [-0.25, -0.2) is 4.79 Å². The van der Waals surface area contributed by atoms with Crippen molar-refractivity contribution in [2.75, 3.05) is 26.3 Å². The van der Waals surface area contributed by atoms with Gasteiger partial charge in [0.2, 0.25) is 0 Å². The zero-order chi connectivity index (χ0) is 10.6. The predicted octanol–water partition coefficient (Wildman–Crippen LogP) is 1.51. The third-order valence-corrected chi connectivity index (χ3v) is 1.71. The smallest absolute Gasteiger partial charge is 0.314 e. The second-order valence-electron chi connectivity index (χ2n) is 3.15. The van der Waals surface area contributed by atoms with Crippen LogP contribution in [0.3, 0.4) is 0 Å². The molecular weight excluding hydrogens is 180 g/mol. The van der Waals surface area contributed by atoms with Crippen LogP contribution in [0, 0.1) is 0 Å². The highest BCUT2D eigenvalue weighted by atomic mass is 16.5. The normalized spacial score (nSPS) is 9.86. The van der Waals surface area contributed by atoms with Crippen molar-refractivity contribution in [2.24, 2.45) is 0 Å². The Morgan fingerprint density at radius 3 is 2.43 bits per heavy atom. The van der Waals surface area contributed by atoms with E-state index in [-0.39, 0.29) is 6.03 Å². The highest BCUT2D eigenvalue weighted by molar-refractivity contribution is 5.73. The van der Waals surface area contributed by atoms with E-state index in [4.69, 9.17) is 4.74 Å². The lowest BCUT2D eigenvalue weighted by atomic mass is 10.4. The minimum Gasteiger partial charge on any atom is -0.380 e. The maximum Gasteiger partial charge on any atom is 0.314 e. The fourth-order valence-corrected chi connectivity index (χ4v) is 0.886. The standard InChI is InChI=1S/C10H22N2O2/c1-3-5-8-14-9-7-12-10(13)11-6-4-2/h3-9H2,1-2H3,(H2,11,12,13). The van der Waals surface area contributed by atoms with E-state index in [1.54, 1.807) is 0 Å². The molecule has 0 bridgehead atoms. The molecule has 0 heterocycles. The minimum absolute atomic E-state index is 0.106. The van der Waals surface area contributed by atoms with Gasteiger partial charge in [0.25, 0.3) is 0 Å². The molecule has 0 aliphatic rings. The molecule has 0 fully saturated rings. The molecule has 0 aliphatic carbocycles. The van der Waals surface area contributed by atoms with Crippen molar-refractivity contribution in [1.82, 2.24) is 10.6 Å². The van der Waals surface area contributed by atoms with E-state index >= 15 is 0 Å². The van der Waals surface area contributed by atoms with Crippen LogP contribution in [0.15, 0.2) is 0 Å². The number of carbonyl (C=O) groups excluding carboxylic acids is 1. The van der Waals surface area contributed by atoms with Crippen LogP contribution in [-0.4, -0.2) is 32.3 Å². The first-order valence-electron chi connectivity index (χ1n) is 5.40. The molecule has 0 rings (SSSR count). The zero-order valence-corrected chi connectivity index (χ0v) is 9.27. The van der Waals surface area contributed by atoms with Crippen LogP contribution in [0.25, 0.3) is 0 Å². The Morgan fingerprint density at radius 2 is 1.79 bits per heavy atom. The van der Waals surface area contributed by atoms with Crippen LogP contribution >= 0.6 is 0 Å². The van der Waals surface area contributed by atoms with Crippen molar-refractivity contribution in [3.8, 4) is 0 Å². The number of nitrogens with one attached hydrogen (secondary N) is 2. The molecule has 2 amide bonds. The van der Waals surface area contributed by atoms with Crippen molar-refractivity contribution in [1.29, 1.82) is 0 Å². The fraction of sp³-hybridized carbons (Fsp3) is 0.900. The maximum absolute atomic E-state index is 11.0. The second kappa shape index (κ2) is 10.3. The number of unbranched alkanes of at least 4 members (excludes halogenated alkanes) is 1. The van der Waals surface area contributed by atoms with E-state index in [9.17, 15) is 4.79 Å². The molecule has 0 aromatic rings. The summed E-state index contributed by atoms with van der Waals surface area (Å²) in [4.78, 5) is 11.0. The van der Waals surface area contributed by atoms with Crippen LogP contribution in [0.5, 0.6) is 0 Å². The van der Waals surface area contributed by atoms with Crippen molar-refractivity contribution in [3.63, 3.8) is 0 Å². The third-order valence-electron chi connectivity index (χ3n) is 1.71. The predicted molar refractivity (Wildman–Crippen MR) is 57.4 cm³/mol. The Kier molecular flexibility index (Phi) is 9.74. The summed E-state index contributed by atoms with van der Waals surface area (Å²) in [7, 11) is 0. The molecular formula is C10H22N2O2. The van der Waals surface area contributed by atoms with Gasteiger partial charge >= 0.3 is 6.03 Å². The second-order valence-corrected chi connectivity index (χ2v) is 3.15. The van der Waals surface area contributed by atoms with Gasteiger partial charge in [0.15, 0.2) is 0 Å². The van der Waals surface area contributed by atoms with E-state index < -0.39 is 0 Å². The molecule has 4 heteroatoms. The molecule has 0 atom stereocenters. The molecule has 0 saturated heterocycles. The van der Waals surface area contributed by atoms with Crippen molar-refractivity contribution >= 4 is 6.03 Å².